The van der Waals surface area contributed by atoms with Crippen LogP contribution in [-0.4, -0.2) is 59.6 Å². The maximum Gasteiger partial charge on any atom is 0.422 e. The van der Waals surface area contributed by atoms with Crippen LogP contribution in [0.25, 0.3) is 0 Å². The molecule has 0 saturated heterocycles. The van der Waals surface area contributed by atoms with E-state index >= 15 is 0 Å². The number of rotatable bonds is 14. The summed E-state index contributed by atoms with van der Waals surface area (Å²) in [7, 11) is 1.55. The van der Waals surface area contributed by atoms with E-state index in [1.165, 1.54) is 0 Å². The number of aromatic nitrogens is 3. The van der Waals surface area contributed by atoms with Crippen molar-refractivity contribution in [3.63, 3.8) is 0 Å². The average molecular weight is 620 g/mol. The Morgan fingerprint density at radius 1 is 0.955 bits per heavy atom. The monoisotopic (exact) mass is 619 g/mol. The van der Waals surface area contributed by atoms with Gasteiger partial charge in [0.25, 0.3) is 0 Å². The molecule has 1 heterocycles. The number of halogens is 3. The highest BCUT2D eigenvalue weighted by atomic mass is 19.4. The Bertz CT molecular complexity index is 1390. The zero-order valence-electron chi connectivity index (χ0n) is 25.2. The third kappa shape index (κ3) is 9.67. The number of ether oxygens (including phenoxy) is 5. The highest BCUT2D eigenvalue weighted by Crippen LogP contribution is 2.48. The maximum absolute atomic E-state index is 12.9. The summed E-state index contributed by atoms with van der Waals surface area (Å²) in [6.45, 7) is 5.97. The second-order valence-electron chi connectivity index (χ2n) is 11.0. The molecule has 1 fully saturated rings. The van der Waals surface area contributed by atoms with Crippen LogP contribution in [-0.2, 0) is 24.5 Å². The summed E-state index contributed by atoms with van der Waals surface area (Å²) in [6, 6.07) is 13.7. The summed E-state index contributed by atoms with van der Waals surface area (Å²) < 4.78 is 65.3. The van der Waals surface area contributed by atoms with Crippen LogP contribution in [0.1, 0.15) is 58.0 Å². The van der Waals surface area contributed by atoms with E-state index in [9.17, 15) is 18.0 Å². The molecule has 44 heavy (non-hydrogen) atoms. The minimum absolute atomic E-state index is 0.0137. The molecule has 1 aromatic heterocycles. The van der Waals surface area contributed by atoms with Crippen LogP contribution in [0.2, 0.25) is 0 Å². The Morgan fingerprint density at radius 3 is 2.18 bits per heavy atom. The minimum Gasteiger partial charge on any atom is -0.482 e. The lowest BCUT2D eigenvalue weighted by Crippen LogP contribution is -2.23. The van der Waals surface area contributed by atoms with E-state index in [0.29, 0.717) is 11.4 Å². The van der Waals surface area contributed by atoms with Crippen LogP contribution in [0.3, 0.4) is 0 Å². The maximum atomic E-state index is 12.9. The van der Waals surface area contributed by atoms with Gasteiger partial charge >= 0.3 is 18.2 Å². The Kier molecular flexibility index (Phi) is 10.1. The number of methoxy groups -OCH3 is 1. The molecular weight excluding hydrogens is 583 g/mol. The summed E-state index contributed by atoms with van der Waals surface area (Å²) in [5.74, 6) is 0.0406. The van der Waals surface area contributed by atoms with Gasteiger partial charge in [0.05, 0.1) is 17.7 Å². The zero-order chi connectivity index (χ0) is 32.0. The lowest BCUT2D eigenvalue weighted by molar-refractivity contribution is -0.186. The van der Waals surface area contributed by atoms with Gasteiger partial charge in [-0.3, -0.25) is 0 Å². The van der Waals surface area contributed by atoms with Crippen molar-refractivity contribution in [1.29, 1.82) is 0 Å². The molecule has 0 radical (unpaired) electrons. The lowest BCUT2D eigenvalue weighted by atomic mass is 10.1. The molecule has 0 spiro atoms. The summed E-state index contributed by atoms with van der Waals surface area (Å²) in [5, 5.41) is 6.24. The molecule has 238 valence electrons. The number of hydrogen-bond donors (Lipinski definition) is 2. The number of nitrogens with one attached hydrogen (secondary N) is 2. The van der Waals surface area contributed by atoms with Gasteiger partial charge in [0.15, 0.2) is 19.5 Å². The second-order valence-corrected chi connectivity index (χ2v) is 11.0. The number of anilines is 3. The van der Waals surface area contributed by atoms with E-state index in [1.54, 1.807) is 50.4 Å². The molecule has 0 amide bonds. The fourth-order valence-corrected chi connectivity index (χ4v) is 4.15. The van der Waals surface area contributed by atoms with E-state index in [-0.39, 0.29) is 25.1 Å². The number of benzene rings is 2. The lowest BCUT2D eigenvalue weighted by Gasteiger charge is -2.26. The smallest absolute Gasteiger partial charge is 0.422 e. The van der Waals surface area contributed by atoms with Crippen molar-refractivity contribution in [2.75, 3.05) is 37.6 Å². The van der Waals surface area contributed by atoms with Crippen LogP contribution in [0.15, 0.2) is 48.5 Å². The first kappa shape index (κ1) is 32.7. The number of carbonyl (C=O) groups is 1. The van der Waals surface area contributed by atoms with Crippen LogP contribution >= 0.6 is 0 Å². The standard InChI is InChI=1S/C30H36F3N5O6/c1-6-41-23(39)17-42-22-13-9-20(10-14-22)29(15-16-29)38-26-35-25(36-27(37-26)43-18-30(31,32)33)34-21-11-7-19(8-12-21)24(40-5)44-28(2,3)4/h7-14,24H,6,15-18H2,1-5H3,(H2,34,35,36,37,38). The summed E-state index contributed by atoms with van der Waals surface area (Å²) in [4.78, 5) is 24.1. The van der Waals surface area contributed by atoms with Crippen molar-refractivity contribution >= 4 is 23.6 Å². The first-order chi connectivity index (χ1) is 20.8. The van der Waals surface area contributed by atoms with E-state index in [1.807, 2.05) is 32.9 Å². The topological polar surface area (TPSA) is 126 Å². The molecule has 1 saturated carbocycles. The molecular formula is C30H36F3N5O6. The van der Waals surface area contributed by atoms with Crippen molar-refractivity contribution < 1.29 is 41.7 Å². The van der Waals surface area contributed by atoms with Gasteiger partial charge in [-0.2, -0.15) is 28.1 Å². The minimum atomic E-state index is -4.58. The molecule has 3 aromatic rings. The van der Waals surface area contributed by atoms with Crippen molar-refractivity contribution in [1.82, 2.24) is 15.0 Å². The largest absolute Gasteiger partial charge is 0.482 e. The molecule has 4 rings (SSSR count). The van der Waals surface area contributed by atoms with Gasteiger partial charge in [0.2, 0.25) is 11.9 Å². The van der Waals surface area contributed by atoms with Crippen LogP contribution in [0, 0.1) is 0 Å². The molecule has 14 heteroatoms. The zero-order valence-corrected chi connectivity index (χ0v) is 25.2. The average Bonchev–Trinajstić information content (AvgIpc) is 3.74. The first-order valence-electron chi connectivity index (χ1n) is 14.0. The fraction of sp³-hybridized carbons (Fsp3) is 0.467. The molecule has 2 N–H and O–H groups in total. The summed E-state index contributed by atoms with van der Waals surface area (Å²) >= 11 is 0. The summed E-state index contributed by atoms with van der Waals surface area (Å²) in [5.41, 5.74) is 1.24. The van der Waals surface area contributed by atoms with Gasteiger partial charge in [-0.15, -0.1) is 0 Å². The van der Waals surface area contributed by atoms with Gasteiger partial charge in [-0.1, -0.05) is 24.3 Å². The van der Waals surface area contributed by atoms with Crippen molar-refractivity contribution in [3.8, 4) is 11.8 Å². The quantitative estimate of drug-likeness (QED) is 0.162. The molecule has 1 atom stereocenters. The van der Waals surface area contributed by atoms with Gasteiger partial charge < -0.3 is 34.3 Å². The number of carbonyl (C=O) groups excluding carboxylic acids is 1. The highest BCUT2D eigenvalue weighted by Gasteiger charge is 2.45. The molecule has 1 unspecified atom stereocenters. The molecule has 1 aliphatic carbocycles. The normalized spacial score (nSPS) is 14.8. The van der Waals surface area contributed by atoms with E-state index in [0.717, 1.165) is 24.0 Å². The Hall–Kier alpha value is -4.17. The first-order valence-corrected chi connectivity index (χ1v) is 14.0. The predicted octanol–water partition coefficient (Wildman–Crippen LogP) is 6.06. The Morgan fingerprint density at radius 2 is 1.61 bits per heavy atom. The van der Waals surface area contributed by atoms with Gasteiger partial charge in [-0.05, 0) is 70.4 Å². The number of esters is 1. The van der Waals surface area contributed by atoms with Gasteiger partial charge in [-0.25, -0.2) is 4.79 Å². The van der Waals surface area contributed by atoms with E-state index in [2.05, 4.69) is 25.6 Å². The van der Waals surface area contributed by atoms with Crippen molar-refractivity contribution in [2.45, 2.75) is 64.1 Å². The SMILES string of the molecule is CCOC(=O)COc1ccc(C2(Nc3nc(Nc4ccc(C(OC)OC(C)(C)C)cc4)nc(OCC(F)(F)F)n3)CC2)cc1. The fourth-order valence-electron chi connectivity index (χ4n) is 4.15. The Labute approximate surface area is 253 Å². The molecule has 0 aliphatic heterocycles. The Balaban J connectivity index is 1.51. The van der Waals surface area contributed by atoms with E-state index in [4.69, 9.17) is 23.7 Å². The van der Waals surface area contributed by atoms with Gasteiger partial charge in [0, 0.05) is 18.4 Å². The van der Waals surface area contributed by atoms with Crippen molar-refractivity contribution in [2.24, 2.45) is 0 Å². The summed E-state index contributed by atoms with van der Waals surface area (Å²) in [6.07, 6.45) is -3.72. The van der Waals surface area contributed by atoms with Gasteiger partial charge in [0.1, 0.15) is 5.75 Å². The number of hydrogen-bond acceptors (Lipinski definition) is 11. The van der Waals surface area contributed by atoms with Crippen LogP contribution < -0.4 is 20.1 Å². The number of nitrogens with zero attached hydrogens (tertiary/aromatic N) is 3. The van der Waals surface area contributed by atoms with Crippen LogP contribution in [0.5, 0.6) is 11.8 Å². The molecule has 11 nitrogen and oxygen atoms in total. The second kappa shape index (κ2) is 13.6. The van der Waals surface area contributed by atoms with E-state index < -0.39 is 42.2 Å². The highest BCUT2D eigenvalue weighted by molar-refractivity contribution is 5.71. The molecule has 1 aliphatic rings. The third-order valence-electron chi connectivity index (χ3n) is 6.26. The molecule has 0 bridgehead atoms. The third-order valence-corrected chi connectivity index (χ3v) is 6.26. The molecule has 2 aromatic carbocycles. The number of alkyl halides is 3. The predicted molar refractivity (Wildman–Crippen MR) is 155 cm³/mol. The van der Waals surface area contributed by atoms with Crippen LogP contribution in [0.4, 0.5) is 30.8 Å². The van der Waals surface area contributed by atoms with Crippen molar-refractivity contribution in [3.05, 3.63) is 59.7 Å².